The molecule has 1 aromatic heterocycles. The van der Waals surface area contributed by atoms with Crippen molar-refractivity contribution in [1.29, 1.82) is 0 Å². The van der Waals surface area contributed by atoms with Gasteiger partial charge in [0.25, 0.3) is 0 Å². The molecule has 0 bridgehead atoms. The fourth-order valence-corrected chi connectivity index (χ4v) is 3.40. The number of methoxy groups -OCH3 is 1. The van der Waals surface area contributed by atoms with Crippen molar-refractivity contribution in [2.75, 3.05) is 7.11 Å². The molecular formula is C25H22N2O3. The zero-order chi connectivity index (χ0) is 20.9. The van der Waals surface area contributed by atoms with Crippen molar-refractivity contribution in [2.45, 2.75) is 13.0 Å². The molecule has 30 heavy (non-hydrogen) atoms. The molecule has 5 heteroatoms. The van der Waals surface area contributed by atoms with E-state index in [1.54, 1.807) is 24.3 Å². The smallest absolute Gasteiger partial charge is 0.160 e. The van der Waals surface area contributed by atoms with Crippen LogP contribution < -0.4 is 4.74 Å². The van der Waals surface area contributed by atoms with Crippen LogP contribution in [0.3, 0.4) is 0 Å². The molecule has 1 N–H and O–H groups in total. The Morgan fingerprint density at radius 1 is 1.10 bits per heavy atom. The van der Waals surface area contributed by atoms with Crippen LogP contribution in [0.25, 0.3) is 17.0 Å². The summed E-state index contributed by atoms with van der Waals surface area (Å²) in [7, 11) is 1.50. The molecular weight excluding hydrogens is 376 g/mol. The first-order valence-corrected chi connectivity index (χ1v) is 9.69. The predicted octanol–water partition coefficient (Wildman–Crippen LogP) is 4.62. The molecule has 5 nitrogen and oxygen atoms in total. The fraction of sp³-hybridized carbons (Fsp3) is 0.120. The van der Waals surface area contributed by atoms with Gasteiger partial charge in [-0.1, -0.05) is 60.7 Å². The first-order valence-electron chi connectivity index (χ1n) is 9.69. The molecule has 0 atom stereocenters. The van der Waals surface area contributed by atoms with Gasteiger partial charge in [0, 0.05) is 18.0 Å². The molecule has 0 aliphatic rings. The monoisotopic (exact) mass is 398 g/mol. The van der Waals surface area contributed by atoms with Crippen LogP contribution in [0.5, 0.6) is 11.5 Å². The van der Waals surface area contributed by atoms with E-state index >= 15 is 0 Å². The van der Waals surface area contributed by atoms with E-state index in [-0.39, 0.29) is 18.0 Å². The molecule has 0 spiro atoms. The van der Waals surface area contributed by atoms with Crippen molar-refractivity contribution >= 4 is 22.8 Å². The SMILES string of the molecule is COc1ccc(/C=C/C(=O)Cc2cccc3cn(Cc4ccccc4)nc23)cc1O. The van der Waals surface area contributed by atoms with Gasteiger partial charge in [-0.05, 0) is 34.9 Å². The van der Waals surface area contributed by atoms with Crippen LogP contribution >= 0.6 is 0 Å². The Labute approximate surface area is 174 Å². The molecule has 0 saturated heterocycles. The standard InChI is InChI=1S/C25H22N2O3/c1-30-24-13-11-18(14-23(24)29)10-12-22(28)15-20-8-5-9-21-17-27(26-25(20)21)16-19-6-3-2-4-7-19/h2-14,17,29H,15-16H2,1H3/b12-10+. The Balaban J connectivity index is 1.50. The number of ketones is 1. The second-order valence-electron chi connectivity index (χ2n) is 7.07. The summed E-state index contributed by atoms with van der Waals surface area (Å²) in [6.45, 7) is 0.684. The Kier molecular flexibility index (Phi) is 5.61. The van der Waals surface area contributed by atoms with E-state index in [0.717, 1.165) is 22.0 Å². The number of fused-ring (bicyclic) bond motifs is 1. The minimum Gasteiger partial charge on any atom is -0.504 e. The summed E-state index contributed by atoms with van der Waals surface area (Å²) in [6, 6.07) is 21.1. The van der Waals surface area contributed by atoms with Gasteiger partial charge in [-0.2, -0.15) is 5.10 Å². The van der Waals surface area contributed by atoms with E-state index in [0.29, 0.717) is 12.3 Å². The van der Waals surface area contributed by atoms with Crippen molar-refractivity contribution < 1.29 is 14.6 Å². The molecule has 1 heterocycles. The van der Waals surface area contributed by atoms with Crippen LogP contribution in [0.2, 0.25) is 0 Å². The lowest BCUT2D eigenvalue weighted by molar-refractivity contribution is -0.113. The molecule has 0 fully saturated rings. The number of carbonyl (C=O) groups is 1. The highest BCUT2D eigenvalue weighted by Crippen LogP contribution is 2.26. The van der Waals surface area contributed by atoms with Crippen molar-refractivity contribution in [2.24, 2.45) is 0 Å². The Morgan fingerprint density at radius 3 is 2.70 bits per heavy atom. The average molecular weight is 398 g/mol. The summed E-state index contributed by atoms with van der Waals surface area (Å²) < 4.78 is 6.94. The van der Waals surface area contributed by atoms with Crippen molar-refractivity contribution in [3.8, 4) is 11.5 Å². The summed E-state index contributed by atoms with van der Waals surface area (Å²) in [5.74, 6) is 0.410. The minimum absolute atomic E-state index is 0.0320. The minimum atomic E-state index is -0.0320. The Bertz CT molecular complexity index is 1210. The van der Waals surface area contributed by atoms with Crippen LogP contribution in [0.1, 0.15) is 16.7 Å². The van der Waals surface area contributed by atoms with Crippen LogP contribution in [-0.4, -0.2) is 27.8 Å². The lowest BCUT2D eigenvalue weighted by Crippen LogP contribution is -2.01. The number of aromatic hydroxyl groups is 1. The number of benzene rings is 3. The summed E-state index contributed by atoms with van der Waals surface area (Å²) in [6.07, 6.45) is 5.49. The van der Waals surface area contributed by atoms with Gasteiger partial charge >= 0.3 is 0 Å². The topological polar surface area (TPSA) is 64.4 Å². The van der Waals surface area contributed by atoms with Gasteiger partial charge in [0.15, 0.2) is 17.3 Å². The number of ether oxygens (including phenoxy) is 1. The molecule has 0 radical (unpaired) electrons. The normalized spacial score (nSPS) is 11.2. The van der Waals surface area contributed by atoms with Gasteiger partial charge < -0.3 is 9.84 Å². The third-order valence-corrected chi connectivity index (χ3v) is 4.88. The highest BCUT2D eigenvalue weighted by Gasteiger charge is 2.09. The van der Waals surface area contributed by atoms with Crippen LogP contribution in [0, 0.1) is 0 Å². The van der Waals surface area contributed by atoms with E-state index in [1.807, 2.05) is 47.3 Å². The van der Waals surface area contributed by atoms with Gasteiger partial charge in [-0.25, -0.2) is 0 Å². The molecule has 4 rings (SSSR count). The molecule has 0 aliphatic heterocycles. The molecule has 4 aromatic rings. The van der Waals surface area contributed by atoms with Gasteiger partial charge in [0.05, 0.1) is 19.2 Å². The maximum absolute atomic E-state index is 12.5. The van der Waals surface area contributed by atoms with Crippen LogP contribution in [-0.2, 0) is 17.8 Å². The molecule has 0 amide bonds. The van der Waals surface area contributed by atoms with Gasteiger partial charge in [-0.15, -0.1) is 0 Å². The fourth-order valence-electron chi connectivity index (χ4n) is 3.40. The first kappa shape index (κ1) is 19.5. The zero-order valence-electron chi connectivity index (χ0n) is 16.7. The number of rotatable bonds is 7. The number of nitrogens with zero attached hydrogens (tertiary/aromatic N) is 2. The highest BCUT2D eigenvalue weighted by atomic mass is 16.5. The number of phenols is 1. The second kappa shape index (κ2) is 8.66. The van der Waals surface area contributed by atoms with E-state index in [9.17, 15) is 9.90 Å². The average Bonchev–Trinajstić information content (AvgIpc) is 3.16. The quantitative estimate of drug-likeness (QED) is 0.461. The van der Waals surface area contributed by atoms with E-state index in [2.05, 4.69) is 12.1 Å². The maximum atomic E-state index is 12.5. The number of hydrogen-bond donors (Lipinski definition) is 1. The molecule has 3 aromatic carbocycles. The maximum Gasteiger partial charge on any atom is 0.160 e. The van der Waals surface area contributed by atoms with Gasteiger partial charge in [-0.3, -0.25) is 9.48 Å². The summed E-state index contributed by atoms with van der Waals surface area (Å²) in [5.41, 5.74) is 3.64. The summed E-state index contributed by atoms with van der Waals surface area (Å²) >= 11 is 0. The number of aromatic nitrogens is 2. The predicted molar refractivity (Wildman–Crippen MR) is 118 cm³/mol. The number of phenolic OH excluding ortho intramolecular Hbond substituents is 1. The number of hydrogen-bond acceptors (Lipinski definition) is 4. The third-order valence-electron chi connectivity index (χ3n) is 4.88. The Hall–Kier alpha value is -3.86. The highest BCUT2D eigenvalue weighted by molar-refractivity contribution is 5.97. The summed E-state index contributed by atoms with van der Waals surface area (Å²) in [5, 5.41) is 15.6. The van der Waals surface area contributed by atoms with E-state index in [1.165, 1.54) is 18.7 Å². The van der Waals surface area contributed by atoms with E-state index < -0.39 is 0 Å². The second-order valence-corrected chi connectivity index (χ2v) is 7.07. The molecule has 0 saturated carbocycles. The third kappa shape index (κ3) is 4.41. The van der Waals surface area contributed by atoms with Crippen LogP contribution in [0.4, 0.5) is 0 Å². The van der Waals surface area contributed by atoms with Crippen molar-refractivity contribution in [1.82, 2.24) is 9.78 Å². The number of carbonyl (C=O) groups excluding carboxylic acids is 1. The van der Waals surface area contributed by atoms with Crippen LogP contribution in [0.15, 0.2) is 79.0 Å². The van der Waals surface area contributed by atoms with E-state index in [4.69, 9.17) is 9.84 Å². The largest absolute Gasteiger partial charge is 0.504 e. The summed E-state index contributed by atoms with van der Waals surface area (Å²) in [4.78, 5) is 12.5. The van der Waals surface area contributed by atoms with Gasteiger partial charge in [0.1, 0.15) is 0 Å². The van der Waals surface area contributed by atoms with Gasteiger partial charge in [0.2, 0.25) is 0 Å². The molecule has 0 aliphatic carbocycles. The molecule has 150 valence electrons. The lowest BCUT2D eigenvalue weighted by Gasteiger charge is -2.03. The zero-order valence-corrected chi connectivity index (χ0v) is 16.7. The first-order chi connectivity index (χ1) is 14.6. The number of allylic oxidation sites excluding steroid dienone is 1. The molecule has 0 unspecified atom stereocenters. The Morgan fingerprint density at radius 2 is 1.93 bits per heavy atom. The van der Waals surface area contributed by atoms with Crippen molar-refractivity contribution in [3.05, 3.63) is 95.7 Å². The lowest BCUT2D eigenvalue weighted by atomic mass is 10.1. The van der Waals surface area contributed by atoms with Crippen molar-refractivity contribution in [3.63, 3.8) is 0 Å².